The lowest BCUT2D eigenvalue weighted by atomic mass is 10.2. The molecule has 0 aromatic heterocycles. The van der Waals surface area contributed by atoms with Gasteiger partial charge >= 0.3 is 0 Å². The second-order valence-electron chi connectivity index (χ2n) is 3.25. The molecule has 0 fully saturated rings. The van der Waals surface area contributed by atoms with Crippen LogP contribution < -0.4 is 0 Å². The van der Waals surface area contributed by atoms with Crippen molar-refractivity contribution >= 4 is 6.41 Å². The second kappa shape index (κ2) is 5.13. The molecule has 0 heterocycles. The normalized spacial score (nSPS) is 10.7. The molecule has 0 bridgehead atoms. The average Bonchev–Trinajstić information content (AvgIpc) is 1.87. The summed E-state index contributed by atoms with van der Waals surface area (Å²) in [6, 6.07) is 0.117. The fraction of sp³-hybridized carbons (Fsp3) is 0.875. The Morgan fingerprint density at radius 2 is 1.91 bits per heavy atom. The Morgan fingerprint density at radius 3 is 2.18 bits per heavy atom. The third-order valence-electron chi connectivity index (χ3n) is 1.17. The molecule has 0 saturated heterocycles. The highest BCUT2D eigenvalue weighted by Crippen LogP contribution is 1.99. The summed E-state index contributed by atoms with van der Waals surface area (Å²) >= 11 is 0. The number of carbonyl (C=O) groups is 1. The van der Waals surface area contributed by atoms with Crippen LogP contribution in [-0.2, 0) is 9.63 Å². The Hall–Kier alpha value is -0.570. The molecule has 0 saturated carbocycles. The minimum atomic E-state index is 0.117. The van der Waals surface area contributed by atoms with E-state index in [0.717, 1.165) is 0 Å². The van der Waals surface area contributed by atoms with E-state index in [1.54, 1.807) is 0 Å². The standard InChI is InChI=1S/C8H17NO2/c1-7(2)5-11-9(6-10)8(3)4/h6-8H,5H2,1-4H3. The van der Waals surface area contributed by atoms with Crippen LogP contribution in [0, 0.1) is 5.92 Å². The van der Waals surface area contributed by atoms with Gasteiger partial charge in [0, 0.05) is 0 Å². The van der Waals surface area contributed by atoms with Gasteiger partial charge in [0.1, 0.15) is 0 Å². The summed E-state index contributed by atoms with van der Waals surface area (Å²) in [7, 11) is 0. The van der Waals surface area contributed by atoms with Gasteiger partial charge in [0.25, 0.3) is 0 Å². The van der Waals surface area contributed by atoms with Crippen LogP contribution >= 0.6 is 0 Å². The smallest absolute Gasteiger partial charge is 0.233 e. The lowest BCUT2D eigenvalue weighted by molar-refractivity contribution is -0.186. The summed E-state index contributed by atoms with van der Waals surface area (Å²) in [4.78, 5) is 15.5. The van der Waals surface area contributed by atoms with E-state index in [4.69, 9.17) is 4.84 Å². The average molecular weight is 159 g/mol. The fourth-order valence-corrected chi connectivity index (χ4v) is 0.536. The molecule has 66 valence electrons. The number of nitrogens with zero attached hydrogens (tertiary/aromatic N) is 1. The molecular weight excluding hydrogens is 142 g/mol. The Balaban J connectivity index is 3.61. The highest BCUT2D eigenvalue weighted by Gasteiger charge is 2.06. The van der Waals surface area contributed by atoms with Gasteiger partial charge < -0.3 is 0 Å². The van der Waals surface area contributed by atoms with E-state index in [1.165, 1.54) is 5.06 Å². The zero-order valence-corrected chi connectivity index (χ0v) is 7.70. The number of hydroxylamine groups is 2. The Kier molecular flexibility index (Phi) is 4.86. The summed E-state index contributed by atoms with van der Waals surface area (Å²) < 4.78 is 0. The molecule has 0 aromatic rings. The number of rotatable bonds is 5. The van der Waals surface area contributed by atoms with Gasteiger partial charge in [-0.15, -0.1) is 0 Å². The van der Waals surface area contributed by atoms with Crippen molar-refractivity contribution < 1.29 is 9.63 Å². The molecule has 0 aliphatic rings. The molecule has 3 nitrogen and oxygen atoms in total. The zero-order valence-electron chi connectivity index (χ0n) is 7.70. The van der Waals surface area contributed by atoms with E-state index in [1.807, 2.05) is 27.7 Å². The van der Waals surface area contributed by atoms with Crippen LogP contribution in [0.1, 0.15) is 27.7 Å². The lowest BCUT2D eigenvalue weighted by Gasteiger charge is -2.21. The van der Waals surface area contributed by atoms with Crippen LogP contribution in [0.2, 0.25) is 0 Å². The Labute approximate surface area is 68.3 Å². The quantitative estimate of drug-likeness (QED) is 0.448. The van der Waals surface area contributed by atoms with Crippen LogP contribution in [0.25, 0.3) is 0 Å². The number of hydrogen-bond acceptors (Lipinski definition) is 2. The molecule has 0 unspecified atom stereocenters. The van der Waals surface area contributed by atoms with Gasteiger partial charge in [0.05, 0.1) is 12.6 Å². The fourth-order valence-electron chi connectivity index (χ4n) is 0.536. The molecule has 0 N–H and O–H groups in total. The van der Waals surface area contributed by atoms with Crippen molar-refractivity contribution in [2.75, 3.05) is 6.61 Å². The first-order valence-corrected chi connectivity index (χ1v) is 3.94. The second-order valence-corrected chi connectivity index (χ2v) is 3.25. The minimum absolute atomic E-state index is 0.117. The molecule has 0 aliphatic heterocycles. The molecular formula is C8H17NO2. The Morgan fingerprint density at radius 1 is 1.36 bits per heavy atom. The largest absolute Gasteiger partial charge is 0.276 e. The van der Waals surface area contributed by atoms with Crippen molar-refractivity contribution in [3.8, 4) is 0 Å². The van der Waals surface area contributed by atoms with Gasteiger partial charge in [0.15, 0.2) is 0 Å². The first-order chi connectivity index (χ1) is 5.07. The molecule has 1 amide bonds. The lowest BCUT2D eigenvalue weighted by Crippen LogP contribution is -2.30. The van der Waals surface area contributed by atoms with Crippen molar-refractivity contribution in [1.82, 2.24) is 5.06 Å². The zero-order chi connectivity index (χ0) is 8.85. The predicted molar refractivity (Wildman–Crippen MR) is 43.8 cm³/mol. The number of amides is 1. The van der Waals surface area contributed by atoms with E-state index in [-0.39, 0.29) is 6.04 Å². The van der Waals surface area contributed by atoms with Crippen molar-refractivity contribution in [3.63, 3.8) is 0 Å². The summed E-state index contributed by atoms with van der Waals surface area (Å²) in [6.07, 6.45) is 0.715. The summed E-state index contributed by atoms with van der Waals surface area (Å²) in [6.45, 7) is 8.51. The van der Waals surface area contributed by atoms with E-state index in [0.29, 0.717) is 18.9 Å². The van der Waals surface area contributed by atoms with E-state index in [2.05, 4.69) is 0 Å². The van der Waals surface area contributed by atoms with Gasteiger partial charge in [-0.25, -0.2) is 5.06 Å². The molecule has 0 radical (unpaired) electrons. The molecule has 0 spiro atoms. The van der Waals surface area contributed by atoms with E-state index < -0.39 is 0 Å². The van der Waals surface area contributed by atoms with Crippen molar-refractivity contribution in [2.45, 2.75) is 33.7 Å². The molecule has 0 atom stereocenters. The Bertz CT molecular complexity index is 113. The van der Waals surface area contributed by atoms with E-state index >= 15 is 0 Å². The van der Waals surface area contributed by atoms with Crippen LogP contribution in [0.3, 0.4) is 0 Å². The van der Waals surface area contributed by atoms with Gasteiger partial charge in [-0.3, -0.25) is 9.63 Å². The maximum absolute atomic E-state index is 10.4. The van der Waals surface area contributed by atoms with Crippen molar-refractivity contribution in [1.29, 1.82) is 0 Å². The monoisotopic (exact) mass is 159 g/mol. The highest BCUT2D eigenvalue weighted by atomic mass is 16.7. The van der Waals surface area contributed by atoms with Crippen LogP contribution in [-0.4, -0.2) is 24.1 Å². The summed E-state index contributed by atoms with van der Waals surface area (Å²) in [5, 5.41) is 1.33. The number of carbonyl (C=O) groups excluding carboxylic acids is 1. The van der Waals surface area contributed by atoms with Gasteiger partial charge in [-0.05, 0) is 19.8 Å². The molecule has 11 heavy (non-hydrogen) atoms. The molecule has 0 rings (SSSR count). The van der Waals surface area contributed by atoms with Crippen LogP contribution in [0.15, 0.2) is 0 Å². The first kappa shape index (κ1) is 10.4. The van der Waals surface area contributed by atoms with Gasteiger partial charge in [0.2, 0.25) is 6.41 Å². The SMILES string of the molecule is CC(C)CON(C=O)C(C)C. The third kappa shape index (κ3) is 4.79. The highest BCUT2D eigenvalue weighted by molar-refractivity contribution is 5.45. The van der Waals surface area contributed by atoms with Crippen molar-refractivity contribution in [2.24, 2.45) is 5.92 Å². The third-order valence-corrected chi connectivity index (χ3v) is 1.17. The van der Waals surface area contributed by atoms with Crippen LogP contribution in [0.4, 0.5) is 0 Å². The summed E-state index contributed by atoms with van der Waals surface area (Å²) in [5.74, 6) is 0.455. The summed E-state index contributed by atoms with van der Waals surface area (Å²) in [5.41, 5.74) is 0. The van der Waals surface area contributed by atoms with Gasteiger partial charge in [-0.2, -0.15) is 0 Å². The number of hydrogen-bond donors (Lipinski definition) is 0. The van der Waals surface area contributed by atoms with E-state index in [9.17, 15) is 4.79 Å². The molecule has 0 aliphatic carbocycles. The van der Waals surface area contributed by atoms with Gasteiger partial charge in [-0.1, -0.05) is 13.8 Å². The van der Waals surface area contributed by atoms with Crippen molar-refractivity contribution in [3.05, 3.63) is 0 Å². The maximum atomic E-state index is 10.4. The van der Waals surface area contributed by atoms with Crippen LogP contribution in [0.5, 0.6) is 0 Å². The predicted octanol–water partition coefficient (Wildman–Crippen LogP) is 1.44. The topological polar surface area (TPSA) is 29.5 Å². The first-order valence-electron chi connectivity index (χ1n) is 3.94. The molecule has 0 aromatic carbocycles. The molecule has 3 heteroatoms. The maximum Gasteiger partial charge on any atom is 0.233 e. The minimum Gasteiger partial charge on any atom is -0.276 e.